The number of anilines is 1. The summed E-state index contributed by atoms with van der Waals surface area (Å²) in [5.41, 5.74) is 0. The summed E-state index contributed by atoms with van der Waals surface area (Å²) in [5.74, 6) is 1.66. The first-order valence-electron chi connectivity index (χ1n) is 6.30. The number of ether oxygens (including phenoxy) is 1. The van der Waals surface area contributed by atoms with Gasteiger partial charge in [0, 0.05) is 37.6 Å². The van der Waals surface area contributed by atoms with Gasteiger partial charge >= 0.3 is 0 Å². The van der Waals surface area contributed by atoms with E-state index in [4.69, 9.17) is 4.74 Å². The highest BCUT2D eigenvalue weighted by molar-refractivity contribution is 7.09. The van der Waals surface area contributed by atoms with E-state index in [1.807, 2.05) is 0 Å². The van der Waals surface area contributed by atoms with E-state index >= 15 is 0 Å². The van der Waals surface area contributed by atoms with Crippen molar-refractivity contribution in [2.24, 2.45) is 5.92 Å². The minimum atomic E-state index is 0.576. The van der Waals surface area contributed by atoms with E-state index in [-0.39, 0.29) is 0 Å². The van der Waals surface area contributed by atoms with Crippen molar-refractivity contribution in [3.05, 3.63) is 5.82 Å². The molecule has 0 aliphatic carbocycles. The molecule has 0 amide bonds. The van der Waals surface area contributed by atoms with Crippen molar-refractivity contribution in [1.82, 2.24) is 9.36 Å². The van der Waals surface area contributed by atoms with Gasteiger partial charge in [0.15, 0.2) is 0 Å². The Hall–Kier alpha value is -0.680. The maximum atomic E-state index is 5.05. The third-order valence-electron chi connectivity index (χ3n) is 3.61. The average Bonchev–Trinajstić information content (AvgIpc) is 2.78. The van der Waals surface area contributed by atoms with E-state index in [2.05, 4.69) is 28.1 Å². The Balaban J connectivity index is 2.03. The van der Waals surface area contributed by atoms with Gasteiger partial charge in [0.05, 0.1) is 6.61 Å². The Morgan fingerprint density at radius 3 is 3.06 bits per heavy atom. The monoisotopic (exact) mass is 255 g/mol. The van der Waals surface area contributed by atoms with Crippen LogP contribution < -0.4 is 4.90 Å². The number of aromatic nitrogens is 2. The Bertz CT molecular complexity index is 355. The van der Waals surface area contributed by atoms with Gasteiger partial charge in [-0.05, 0) is 25.7 Å². The van der Waals surface area contributed by atoms with Gasteiger partial charge in [-0.1, -0.05) is 6.92 Å². The fraction of sp³-hybridized carbons (Fsp3) is 0.833. The van der Waals surface area contributed by atoms with Crippen molar-refractivity contribution in [1.29, 1.82) is 0 Å². The maximum Gasteiger partial charge on any atom is 0.205 e. The Labute approximate surface area is 107 Å². The predicted octanol–water partition coefficient (Wildman–Crippen LogP) is 2.35. The standard InChI is InChI=1S/C12H21N3OS/c1-9-5-4-7-15(10(9)2)12-13-11(14-17-12)6-8-16-3/h9-10H,4-8H2,1-3H3. The molecule has 1 aliphatic heterocycles. The zero-order valence-corrected chi connectivity index (χ0v) is 11.7. The van der Waals surface area contributed by atoms with Gasteiger partial charge in [-0.3, -0.25) is 0 Å². The number of nitrogens with zero attached hydrogens (tertiary/aromatic N) is 3. The van der Waals surface area contributed by atoms with Gasteiger partial charge in [-0.2, -0.15) is 4.37 Å². The van der Waals surface area contributed by atoms with Crippen LogP contribution in [-0.4, -0.2) is 35.7 Å². The zero-order chi connectivity index (χ0) is 12.3. The van der Waals surface area contributed by atoms with Crippen LogP contribution in [0.1, 0.15) is 32.5 Å². The summed E-state index contributed by atoms with van der Waals surface area (Å²) in [6, 6.07) is 0.576. The molecule has 1 aromatic heterocycles. The lowest BCUT2D eigenvalue weighted by Gasteiger charge is -2.37. The lowest BCUT2D eigenvalue weighted by atomic mass is 9.93. The van der Waals surface area contributed by atoms with Crippen LogP contribution >= 0.6 is 11.5 Å². The van der Waals surface area contributed by atoms with Gasteiger partial charge in [0.25, 0.3) is 0 Å². The van der Waals surface area contributed by atoms with Crippen molar-refractivity contribution >= 4 is 16.7 Å². The van der Waals surface area contributed by atoms with Gasteiger partial charge in [-0.25, -0.2) is 4.98 Å². The smallest absolute Gasteiger partial charge is 0.205 e. The van der Waals surface area contributed by atoms with Crippen LogP contribution in [0.15, 0.2) is 0 Å². The molecule has 1 fully saturated rings. The van der Waals surface area contributed by atoms with Crippen LogP contribution in [-0.2, 0) is 11.2 Å². The van der Waals surface area contributed by atoms with Crippen molar-refractivity contribution in [2.45, 2.75) is 39.2 Å². The fourth-order valence-electron chi connectivity index (χ4n) is 2.26. The minimum Gasteiger partial charge on any atom is -0.384 e. The molecule has 1 aromatic rings. The van der Waals surface area contributed by atoms with E-state index in [1.165, 1.54) is 24.4 Å². The second-order valence-electron chi connectivity index (χ2n) is 4.79. The van der Waals surface area contributed by atoms with Crippen molar-refractivity contribution in [2.75, 3.05) is 25.2 Å². The van der Waals surface area contributed by atoms with E-state index in [9.17, 15) is 0 Å². The molecule has 1 aliphatic rings. The highest BCUT2D eigenvalue weighted by Crippen LogP contribution is 2.29. The molecule has 0 N–H and O–H groups in total. The predicted molar refractivity (Wildman–Crippen MR) is 70.7 cm³/mol. The molecule has 5 heteroatoms. The molecule has 2 unspecified atom stereocenters. The molecule has 0 radical (unpaired) electrons. The van der Waals surface area contributed by atoms with Crippen LogP contribution in [0.5, 0.6) is 0 Å². The van der Waals surface area contributed by atoms with Crippen LogP contribution in [0.25, 0.3) is 0 Å². The Kier molecular flexibility index (Phi) is 4.34. The molecule has 2 rings (SSSR count). The fourth-order valence-corrected chi connectivity index (χ4v) is 3.09. The Morgan fingerprint density at radius 1 is 1.47 bits per heavy atom. The van der Waals surface area contributed by atoms with E-state index in [0.29, 0.717) is 12.6 Å². The van der Waals surface area contributed by atoms with Crippen LogP contribution in [0.2, 0.25) is 0 Å². The molecule has 2 atom stereocenters. The first-order chi connectivity index (χ1) is 8.22. The number of hydrogen-bond acceptors (Lipinski definition) is 5. The highest BCUT2D eigenvalue weighted by atomic mass is 32.1. The lowest BCUT2D eigenvalue weighted by molar-refractivity contribution is 0.201. The first-order valence-corrected chi connectivity index (χ1v) is 7.08. The third-order valence-corrected chi connectivity index (χ3v) is 4.40. The molecule has 0 spiro atoms. The van der Waals surface area contributed by atoms with Crippen molar-refractivity contribution < 1.29 is 4.74 Å². The van der Waals surface area contributed by atoms with Gasteiger partial charge < -0.3 is 9.64 Å². The Morgan fingerprint density at radius 2 is 2.29 bits per heavy atom. The number of rotatable bonds is 4. The number of methoxy groups -OCH3 is 1. The summed E-state index contributed by atoms with van der Waals surface area (Å²) in [4.78, 5) is 7.01. The van der Waals surface area contributed by atoms with E-state index < -0.39 is 0 Å². The summed E-state index contributed by atoms with van der Waals surface area (Å²) in [6.07, 6.45) is 3.40. The average molecular weight is 255 g/mol. The molecular weight excluding hydrogens is 234 g/mol. The maximum absolute atomic E-state index is 5.05. The second kappa shape index (κ2) is 5.78. The van der Waals surface area contributed by atoms with Gasteiger partial charge in [-0.15, -0.1) is 0 Å². The SMILES string of the molecule is COCCc1nsc(N2CCCC(C)C2C)n1. The molecule has 4 nitrogen and oxygen atoms in total. The van der Waals surface area contributed by atoms with E-state index in [1.54, 1.807) is 7.11 Å². The molecule has 2 heterocycles. The molecule has 96 valence electrons. The summed E-state index contributed by atoms with van der Waals surface area (Å²) in [7, 11) is 1.71. The largest absolute Gasteiger partial charge is 0.384 e. The summed E-state index contributed by atoms with van der Waals surface area (Å²) < 4.78 is 9.45. The molecule has 1 saturated heterocycles. The molecule has 0 saturated carbocycles. The zero-order valence-electron chi connectivity index (χ0n) is 10.8. The highest BCUT2D eigenvalue weighted by Gasteiger charge is 2.26. The minimum absolute atomic E-state index is 0.576. The third kappa shape index (κ3) is 2.96. The van der Waals surface area contributed by atoms with E-state index in [0.717, 1.165) is 29.8 Å². The van der Waals surface area contributed by atoms with Crippen molar-refractivity contribution in [3.8, 4) is 0 Å². The molecule has 0 bridgehead atoms. The number of hydrogen-bond donors (Lipinski definition) is 0. The topological polar surface area (TPSA) is 38.2 Å². The van der Waals surface area contributed by atoms with Crippen LogP contribution in [0.4, 0.5) is 5.13 Å². The van der Waals surface area contributed by atoms with Crippen LogP contribution in [0, 0.1) is 5.92 Å². The normalized spacial score (nSPS) is 25.2. The van der Waals surface area contributed by atoms with Gasteiger partial charge in [0.2, 0.25) is 5.13 Å². The molecular formula is C12H21N3OS. The second-order valence-corrected chi connectivity index (χ2v) is 5.52. The summed E-state index contributed by atoms with van der Waals surface area (Å²) >= 11 is 1.52. The molecule has 17 heavy (non-hydrogen) atoms. The summed E-state index contributed by atoms with van der Waals surface area (Å²) in [5, 5.41) is 1.08. The summed E-state index contributed by atoms with van der Waals surface area (Å²) in [6.45, 7) is 6.43. The first kappa shape index (κ1) is 12.8. The number of piperidine rings is 1. The van der Waals surface area contributed by atoms with Gasteiger partial charge in [0.1, 0.15) is 5.82 Å². The lowest BCUT2D eigenvalue weighted by Crippen LogP contribution is -2.42. The van der Waals surface area contributed by atoms with Crippen molar-refractivity contribution in [3.63, 3.8) is 0 Å². The quantitative estimate of drug-likeness (QED) is 0.828. The van der Waals surface area contributed by atoms with Crippen LogP contribution in [0.3, 0.4) is 0 Å². The molecule has 0 aromatic carbocycles.